The van der Waals surface area contributed by atoms with Gasteiger partial charge in [-0.05, 0) is 47.3 Å². The fourth-order valence-corrected chi connectivity index (χ4v) is 2.95. The van der Waals surface area contributed by atoms with Gasteiger partial charge in [-0.1, -0.05) is 6.07 Å². The van der Waals surface area contributed by atoms with E-state index in [1.54, 1.807) is 17.4 Å². The first kappa shape index (κ1) is 14.3. The second-order valence-electron chi connectivity index (χ2n) is 4.63. The SMILES string of the molecule is CC(C)N(Cc1cccs1)c1cc(Br)c(F)cc1N. The van der Waals surface area contributed by atoms with Crippen LogP contribution in [-0.4, -0.2) is 6.04 Å². The van der Waals surface area contributed by atoms with Gasteiger partial charge in [0.05, 0.1) is 22.4 Å². The average molecular weight is 343 g/mol. The van der Waals surface area contributed by atoms with E-state index in [9.17, 15) is 4.39 Å². The van der Waals surface area contributed by atoms with Gasteiger partial charge in [0.15, 0.2) is 0 Å². The molecule has 0 atom stereocenters. The minimum atomic E-state index is -0.332. The van der Waals surface area contributed by atoms with Crippen LogP contribution >= 0.6 is 27.3 Å². The molecule has 0 aliphatic heterocycles. The van der Waals surface area contributed by atoms with Crippen LogP contribution in [0.25, 0.3) is 0 Å². The molecular formula is C14H16BrFN2S. The van der Waals surface area contributed by atoms with Crippen molar-refractivity contribution in [3.63, 3.8) is 0 Å². The van der Waals surface area contributed by atoms with Gasteiger partial charge in [0.1, 0.15) is 5.82 Å². The second kappa shape index (κ2) is 5.92. The molecule has 1 aromatic carbocycles. The molecule has 19 heavy (non-hydrogen) atoms. The molecule has 2 nitrogen and oxygen atoms in total. The number of nitrogen functional groups attached to an aromatic ring is 1. The Bertz CT molecular complexity index is 555. The molecule has 0 fully saturated rings. The Labute approximate surface area is 125 Å². The largest absolute Gasteiger partial charge is 0.397 e. The lowest BCUT2D eigenvalue weighted by atomic mass is 10.2. The minimum absolute atomic E-state index is 0.279. The molecule has 5 heteroatoms. The van der Waals surface area contributed by atoms with Gasteiger partial charge in [0.25, 0.3) is 0 Å². The van der Waals surface area contributed by atoms with Crippen LogP contribution in [0.2, 0.25) is 0 Å². The summed E-state index contributed by atoms with van der Waals surface area (Å²) in [4.78, 5) is 3.43. The summed E-state index contributed by atoms with van der Waals surface area (Å²) in [6, 6.07) is 7.51. The smallest absolute Gasteiger partial charge is 0.139 e. The van der Waals surface area contributed by atoms with E-state index >= 15 is 0 Å². The van der Waals surface area contributed by atoms with Gasteiger partial charge < -0.3 is 10.6 Å². The fourth-order valence-electron chi connectivity index (χ4n) is 1.92. The van der Waals surface area contributed by atoms with Crippen molar-refractivity contribution in [2.75, 3.05) is 10.6 Å². The van der Waals surface area contributed by atoms with Crippen molar-refractivity contribution < 1.29 is 4.39 Å². The van der Waals surface area contributed by atoms with Gasteiger partial charge >= 0.3 is 0 Å². The molecule has 0 radical (unpaired) electrons. The van der Waals surface area contributed by atoms with E-state index in [0.717, 1.165) is 12.2 Å². The Morgan fingerprint density at radius 1 is 1.42 bits per heavy atom. The number of rotatable bonds is 4. The van der Waals surface area contributed by atoms with Crippen molar-refractivity contribution in [2.45, 2.75) is 26.4 Å². The first-order chi connectivity index (χ1) is 8.99. The molecule has 2 rings (SSSR count). The van der Waals surface area contributed by atoms with Gasteiger partial charge in [-0.15, -0.1) is 11.3 Å². The maximum Gasteiger partial charge on any atom is 0.139 e. The Morgan fingerprint density at radius 2 is 2.16 bits per heavy atom. The predicted octanol–water partition coefficient (Wildman–Crippen LogP) is 4.65. The van der Waals surface area contributed by atoms with E-state index in [1.807, 2.05) is 6.07 Å². The maximum absolute atomic E-state index is 13.5. The Balaban J connectivity index is 2.36. The molecule has 0 saturated carbocycles. The van der Waals surface area contributed by atoms with Crippen molar-refractivity contribution >= 4 is 38.6 Å². The first-order valence-electron chi connectivity index (χ1n) is 6.02. The number of benzene rings is 1. The van der Waals surface area contributed by atoms with Crippen LogP contribution in [-0.2, 0) is 6.54 Å². The zero-order chi connectivity index (χ0) is 14.0. The Kier molecular flexibility index (Phi) is 4.47. The van der Waals surface area contributed by atoms with E-state index in [-0.39, 0.29) is 11.9 Å². The summed E-state index contributed by atoms with van der Waals surface area (Å²) in [5, 5.41) is 2.05. The molecule has 0 bridgehead atoms. The molecule has 0 unspecified atom stereocenters. The quantitative estimate of drug-likeness (QED) is 0.819. The van der Waals surface area contributed by atoms with E-state index in [2.05, 4.69) is 46.1 Å². The van der Waals surface area contributed by atoms with Gasteiger partial charge in [0.2, 0.25) is 0 Å². The third-order valence-electron chi connectivity index (χ3n) is 2.91. The Hall–Kier alpha value is -1.07. The normalized spacial score (nSPS) is 11.0. The monoisotopic (exact) mass is 342 g/mol. The fraction of sp³-hybridized carbons (Fsp3) is 0.286. The van der Waals surface area contributed by atoms with Gasteiger partial charge in [-0.2, -0.15) is 0 Å². The van der Waals surface area contributed by atoms with Crippen molar-refractivity contribution in [2.24, 2.45) is 0 Å². The number of nitrogens with zero attached hydrogens (tertiary/aromatic N) is 1. The van der Waals surface area contributed by atoms with E-state index in [4.69, 9.17) is 5.73 Å². The van der Waals surface area contributed by atoms with E-state index in [1.165, 1.54) is 10.9 Å². The predicted molar refractivity (Wildman–Crippen MR) is 84.2 cm³/mol. The standard InChI is InChI=1S/C14H16BrFN2S/c1-9(2)18(8-10-4-3-5-19-10)14-6-11(15)12(16)7-13(14)17/h3-7,9H,8,17H2,1-2H3. The molecule has 102 valence electrons. The van der Waals surface area contributed by atoms with Gasteiger partial charge in [-0.3, -0.25) is 0 Å². The van der Waals surface area contributed by atoms with Crippen LogP contribution in [0.5, 0.6) is 0 Å². The third kappa shape index (κ3) is 3.28. The zero-order valence-corrected chi connectivity index (χ0v) is 13.3. The molecule has 0 spiro atoms. The molecular weight excluding hydrogens is 327 g/mol. The van der Waals surface area contributed by atoms with Crippen molar-refractivity contribution in [1.82, 2.24) is 0 Å². The van der Waals surface area contributed by atoms with Gasteiger partial charge in [0, 0.05) is 17.0 Å². The van der Waals surface area contributed by atoms with Crippen LogP contribution in [0.4, 0.5) is 15.8 Å². The highest BCUT2D eigenvalue weighted by Gasteiger charge is 2.16. The lowest BCUT2D eigenvalue weighted by molar-refractivity contribution is 0.620. The third-order valence-corrected chi connectivity index (χ3v) is 4.38. The summed E-state index contributed by atoms with van der Waals surface area (Å²) in [6.45, 7) is 4.98. The van der Waals surface area contributed by atoms with Crippen LogP contribution in [0, 0.1) is 5.82 Å². The lowest BCUT2D eigenvalue weighted by Gasteiger charge is -2.30. The molecule has 0 amide bonds. The highest BCUT2D eigenvalue weighted by atomic mass is 79.9. The molecule has 0 saturated heterocycles. The highest BCUT2D eigenvalue weighted by molar-refractivity contribution is 9.10. The highest BCUT2D eigenvalue weighted by Crippen LogP contribution is 2.32. The van der Waals surface area contributed by atoms with E-state index < -0.39 is 0 Å². The summed E-state index contributed by atoms with van der Waals surface area (Å²) < 4.78 is 13.9. The van der Waals surface area contributed by atoms with Crippen LogP contribution in [0.3, 0.4) is 0 Å². The molecule has 2 N–H and O–H groups in total. The van der Waals surface area contributed by atoms with Crippen LogP contribution in [0.1, 0.15) is 18.7 Å². The summed E-state index contributed by atoms with van der Waals surface area (Å²) in [5.41, 5.74) is 7.28. The Morgan fingerprint density at radius 3 is 2.74 bits per heavy atom. The molecule has 2 aromatic rings. The molecule has 0 aliphatic carbocycles. The van der Waals surface area contributed by atoms with Crippen LogP contribution in [0.15, 0.2) is 34.1 Å². The van der Waals surface area contributed by atoms with Crippen LogP contribution < -0.4 is 10.6 Å². The topological polar surface area (TPSA) is 29.3 Å². The number of thiophene rings is 1. The van der Waals surface area contributed by atoms with Crippen molar-refractivity contribution in [3.8, 4) is 0 Å². The zero-order valence-electron chi connectivity index (χ0n) is 10.9. The molecule has 1 heterocycles. The van der Waals surface area contributed by atoms with Crippen molar-refractivity contribution in [1.29, 1.82) is 0 Å². The summed E-state index contributed by atoms with van der Waals surface area (Å²) in [5.74, 6) is -0.332. The lowest BCUT2D eigenvalue weighted by Crippen LogP contribution is -2.30. The minimum Gasteiger partial charge on any atom is -0.397 e. The summed E-state index contributed by atoms with van der Waals surface area (Å²) in [6.07, 6.45) is 0. The van der Waals surface area contributed by atoms with Crippen molar-refractivity contribution in [3.05, 3.63) is 44.8 Å². The molecule has 0 aliphatic rings. The summed E-state index contributed by atoms with van der Waals surface area (Å²) in [7, 11) is 0. The van der Waals surface area contributed by atoms with Gasteiger partial charge in [-0.25, -0.2) is 4.39 Å². The number of anilines is 2. The van der Waals surface area contributed by atoms with E-state index in [0.29, 0.717) is 10.2 Å². The average Bonchev–Trinajstić information content (AvgIpc) is 2.84. The number of hydrogen-bond donors (Lipinski definition) is 1. The number of nitrogens with two attached hydrogens (primary N) is 1. The number of halogens is 2. The second-order valence-corrected chi connectivity index (χ2v) is 6.51. The first-order valence-corrected chi connectivity index (χ1v) is 7.70. The maximum atomic E-state index is 13.5. The molecule has 1 aromatic heterocycles. The number of hydrogen-bond acceptors (Lipinski definition) is 3. The summed E-state index contributed by atoms with van der Waals surface area (Å²) >= 11 is 4.93.